The number of methoxy groups -OCH3 is 1. The van der Waals surface area contributed by atoms with E-state index >= 15 is 0 Å². The Balaban J connectivity index is 1.74. The molecule has 0 spiro atoms. The highest BCUT2D eigenvalue weighted by Gasteiger charge is 2.07. The average molecular weight is 269 g/mol. The number of ether oxygens (including phenoxy) is 1. The zero-order valence-corrected chi connectivity index (χ0v) is 11.1. The molecule has 0 unspecified atom stereocenters. The third-order valence-electron chi connectivity index (χ3n) is 3.05. The topological polar surface area (TPSA) is 73.3 Å². The fourth-order valence-corrected chi connectivity index (χ4v) is 1.97. The molecule has 102 valence electrons. The van der Waals surface area contributed by atoms with E-state index in [9.17, 15) is 0 Å². The molecule has 1 aromatic heterocycles. The predicted molar refractivity (Wildman–Crippen MR) is 78.7 cm³/mol. The van der Waals surface area contributed by atoms with Gasteiger partial charge in [-0.05, 0) is 29.8 Å². The highest BCUT2D eigenvalue weighted by molar-refractivity contribution is 5.86. The van der Waals surface area contributed by atoms with Crippen molar-refractivity contribution in [3.8, 4) is 5.75 Å². The number of nitrogens with one attached hydrogen (secondary N) is 1. The van der Waals surface area contributed by atoms with Crippen LogP contribution in [0.4, 0.5) is 11.7 Å². The molecule has 3 rings (SSSR count). The van der Waals surface area contributed by atoms with Crippen molar-refractivity contribution in [2.75, 3.05) is 18.2 Å². The number of anilines is 2. The van der Waals surface area contributed by atoms with E-state index < -0.39 is 0 Å². The van der Waals surface area contributed by atoms with Crippen LogP contribution in [-0.4, -0.2) is 12.1 Å². The normalized spacial score (nSPS) is 10.7. The van der Waals surface area contributed by atoms with E-state index in [1.54, 1.807) is 13.2 Å². The van der Waals surface area contributed by atoms with Gasteiger partial charge in [0.1, 0.15) is 11.3 Å². The molecule has 0 saturated heterocycles. The Hall–Kier alpha value is -2.69. The number of fused-ring (bicyclic) bond motifs is 1. The van der Waals surface area contributed by atoms with Crippen molar-refractivity contribution in [3.63, 3.8) is 0 Å². The minimum absolute atomic E-state index is 0.466. The minimum atomic E-state index is 0.466. The van der Waals surface area contributed by atoms with Gasteiger partial charge in [0.05, 0.1) is 12.8 Å². The van der Waals surface area contributed by atoms with Crippen molar-refractivity contribution >= 4 is 22.8 Å². The fraction of sp³-hybridized carbons (Fsp3) is 0.133. The first-order valence-electron chi connectivity index (χ1n) is 6.28. The van der Waals surface area contributed by atoms with Crippen LogP contribution in [0.1, 0.15) is 5.56 Å². The van der Waals surface area contributed by atoms with Crippen LogP contribution in [0.3, 0.4) is 0 Å². The summed E-state index contributed by atoms with van der Waals surface area (Å²) in [7, 11) is 1.65. The van der Waals surface area contributed by atoms with E-state index in [2.05, 4.69) is 10.3 Å². The number of benzene rings is 2. The molecule has 0 aliphatic heterocycles. The number of hydrogen-bond acceptors (Lipinski definition) is 5. The van der Waals surface area contributed by atoms with Gasteiger partial charge >= 0.3 is 0 Å². The molecule has 1 heterocycles. The molecule has 5 heteroatoms. The highest BCUT2D eigenvalue weighted by Crippen LogP contribution is 2.24. The highest BCUT2D eigenvalue weighted by atomic mass is 16.5. The standard InChI is InChI=1S/C15H15N3O2/c1-19-11-7-5-10(6-8-11)9-17-15-18-14-12(16)3-2-4-13(14)20-15/h2-8H,9,16H2,1H3,(H,17,18). The van der Waals surface area contributed by atoms with Gasteiger partial charge in [-0.2, -0.15) is 4.98 Å². The lowest BCUT2D eigenvalue weighted by atomic mass is 10.2. The van der Waals surface area contributed by atoms with Gasteiger partial charge in [0.25, 0.3) is 6.01 Å². The van der Waals surface area contributed by atoms with Crippen molar-refractivity contribution in [2.45, 2.75) is 6.54 Å². The number of nitrogen functional groups attached to an aromatic ring is 1. The zero-order valence-electron chi connectivity index (χ0n) is 11.1. The second kappa shape index (κ2) is 5.13. The van der Waals surface area contributed by atoms with Gasteiger partial charge in [-0.15, -0.1) is 0 Å². The predicted octanol–water partition coefficient (Wildman–Crippen LogP) is 3.03. The third kappa shape index (κ3) is 2.38. The van der Waals surface area contributed by atoms with Crippen LogP contribution in [0.5, 0.6) is 5.75 Å². The average Bonchev–Trinajstić information content (AvgIpc) is 2.90. The SMILES string of the molecule is COc1ccc(CNc2nc3c(N)cccc3o2)cc1. The van der Waals surface area contributed by atoms with Crippen molar-refractivity contribution in [1.29, 1.82) is 0 Å². The van der Waals surface area contributed by atoms with Gasteiger partial charge in [-0.3, -0.25) is 0 Å². The summed E-state index contributed by atoms with van der Waals surface area (Å²) in [6, 6.07) is 13.8. The Morgan fingerprint density at radius 3 is 2.70 bits per heavy atom. The molecule has 3 aromatic rings. The molecule has 0 bridgehead atoms. The number of aromatic nitrogens is 1. The van der Waals surface area contributed by atoms with Crippen LogP contribution >= 0.6 is 0 Å². The molecule has 0 amide bonds. The zero-order chi connectivity index (χ0) is 13.9. The van der Waals surface area contributed by atoms with Crippen LogP contribution in [0, 0.1) is 0 Å². The largest absolute Gasteiger partial charge is 0.497 e. The number of rotatable bonds is 4. The Morgan fingerprint density at radius 1 is 1.20 bits per heavy atom. The molecule has 0 atom stereocenters. The lowest BCUT2D eigenvalue weighted by molar-refractivity contribution is 0.414. The summed E-state index contributed by atoms with van der Waals surface area (Å²) in [6.45, 7) is 0.622. The number of nitrogens with two attached hydrogens (primary N) is 1. The Morgan fingerprint density at radius 2 is 2.00 bits per heavy atom. The van der Waals surface area contributed by atoms with E-state index in [4.69, 9.17) is 14.9 Å². The Bertz CT molecular complexity index is 720. The smallest absolute Gasteiger partial charge is 0.296 e. The van der Waals surface area contributed by atoms with Crippen LogP contribution < -0.4 is 15.8 Å². The first-order valence-corrected chi connectivity index (χ1v) is 6.28. The van der Waals surface area contributed by atoms with Crippen LogP contribution in [0.25, 0.3) is 11.1 Å². The monoisotopic (exact) mass is 269 g/mol. The summed E-state index contributed by atoms with van der Waals surface area (Å²) in [5.41, 5.74) is 8.94. The number of nitrogens with zero attached hydrogens (tertiary/aromatic N) is 1. The summed E-state index contributed by atoms with van der Waals surface area (Å²) < 4.78 is 10.7. The molecule has 0 saturated carbocycles. The number of oxazole rings is 1. The second-order valence-electron chi connectivity index (χ2n) is 4.41. The van der Waals surface area contributed by atoms with Crippen LogP contribution in [0.15, 0.2) is 46.9 Å². The van der Waals surface area contributed by atoms with Crippen LogP contribution in [0.2, 0.25) is 0 Å². The molecule has 0 aliphatic rings. The minimum Gasteiger partial charge on any atom is -0.497 e. The summed E-state index contributed by atoms with van der Waals surface area (Å²) in [6.07, 6.45) is 0. The summed E-state index contributed by atoms with van der Waals surface area (Å²) >= 11 is 0. The third-order valence-corrected chi connectivity index (χ3v) is 3.05. The lowest BCUT2D eigenvalue weighted by Crippen LogP contribution is -1.99. The Kier molecular flexibility index (Phi) is 3.16. The van der Waals surface area contributed by atoms with Crippen molar-refractivity contribution < 1.29 is 9.15 Å². The van der Waals surface area contributed by atoms with Crippen molar-refractivity contribution in [1.82, 2.24) is 4.98 Å². The second-order valence-corrected chi connectivity index (χ2v) is 4.41. The maximum atomic E-state index is 5.84. The van der Waals surface area contributed by atoms with E-state index in [0.717, 1.165) is 11.3 Å². The molecular weight excluding hydrogens is 254 g/mol. The van der Waals surface area contributed by atoms with E-state index in [-0.39, 0.29) is 0 Å². The maximum Gasteiger partial charge on any atom is 0.296 e. The summed E-state index contributed by atoms with van der Waals surface area (Å²) in [5, 5.41) is 3.14. The molecule has 20 heavy (non-hydrogen) atoms. The summed E-state index contributed by atoms with van der Waals surface area (Å²) in [4.78, 5) is 4.33. The molecular formula is C15H15N3O2. The fourth-order valence-electron chi connectivity index (χ4n) is 1.97. The van der Waals surface area contributed by atoms with Crippen molar-refractivity contribution in [2.24, 2.45) is 0 Å². The Labute approximate surface area is 116 Å². The van der Waals surface area contributed by atoms with Gasteiger partial charge in [0.2, 0.25) is 0 Å². The quantitative estimate of drug-likeness (QED) is 0.712. The molecule has 5 nitrogen and oxygen atoms in total. The maximum absolute atomic E-state index is 5.84. The molecule has 0 radical (unpaired) electrons. The first kappa shape index (κ1) is 12.3. The summed E-state index contributed by atoms with van der Waals surface area (Å²) in [5.74, 6) is 0.836. The number of hydrogen-bond donors (Lipinski definition) is 2. The van der Waals surface area contributed by atoms with Crippen molar-refractivity contribution in [3.05, 3.63) is 48.0 Å². The molecule has 2 aromatic carbocycles. The van der Waals surface area contributed by atoms with Gasteiger partial charge in [-0.1, -0.05) is 18.2 Å². The lowest BCUT2D eigenvalue weighted by Gasteiger charge is -2.03. The number of para-hydroxylation sites is 1. The van der Waals surface area contributed by atoms with Gasteiger partial charge in [-0.25, -0.2) is 0 Å². The van der Waals surface area contributed by atoms with Crippen LogP contribution in [-0.2, 0) is 6.54 Å². The van der Waals surface area contributed by atoms with E-state index in [1.165, 1.54) is 0 Å². The van der Waals surface area contributed by atoms with Gasteiger partial charge < -0.3 is 20.2 Å². The van der Waals surface area contributed by atoms with Gasteiger partial charge in [0, 0.05) is 6.54 Å². The van der Waals surface area contributed by atoms with E-state index in [1.807, 2.05) is 36.4 Å². The van der Waals surface area contributed by atoms with E-state index in [0.29, 0.717) is 29.3 Å². The molecule has 3 N–H and O–H groups in total. The van der Waals surface area contributed by atoms with Gasteiger partial charge in [0.15, 0.2) is 5.58 Å². The molecule has 0 fully saturated rings. The first-order chi connectivity index (χ1) is 9.76. The molecule has 0 aliphatic carbocycles.